The minimum absolute atomic E-state index is 0.0677. The lowest BCUT2D eigenvalue weighted by Gasteiger charge is -2.33. The van der Waals surface area contributed by atoms with Crippen molar-refractivity contribution >= 4 is 43.5 Å². The van der Waals surface area contributed by atoms with Crippen molar-refractivity contribution in [3.8, 4) is 0 Å². The number of nitrogens with one attached hydrogen (secondary N) is 1. The summed E-state index contributed by atoms with van der Waals surface area (Å²) in [6.07, 6.45) is 0.264. The smallest absolute Gasteiger partial charge is 0.264 e. The standard InChI is InChI=1S/C33H34BrN3O4S/c1-24-12-16-27(17-13-24)22-36(31(33(39)35-3)20-26-8-5-4-6-9-26)32(38)23-37(29-11-7-10-28(34)21-29)42(40,41)30-18-14-25(2)15-19-30/h4-19,21,31H,20,22-23H2,1-3H3,(H,35,39). The van der Waals surface area contributed by atoms with Crippen LogP contribution in [0.25, 0.3) is 0 Å². The third-order valence-corrected chi connectivity index (χ3v) is 9.26. The Bertz CT molecular complexity index is 1630. The van der Waals surface area contributed by atoms with Crippen LogP contribution in [-0.2, 0) is 32.6 Å². The molecule has 9 heteroatoms. The molecule has 2 amide bonds. The van der Waals surface area contributed by atoms with Crippen molar-refractivity contribution in [2.45, 2.75) is 37.8 Å². The number of sulfonamides is 1. The van der Waals surface area contributed by atoms with Gasteiger partial charge in [-0.25, -0.2) is 8.42 Å². The van der Waals surface area contributed by atoms with Crippen LogP contribution < -0.4 is 9.62 Å². The molecule has 0 heterocycles. The topological polar surface area (TPSA) is 86.8 Å². The summed E-state index contributed by atoms with van der Waals surface area (Å²) >= 11 is 3.43. The zero-order valence-corrected chi connectivity index (χ0v) is 26.2. The van der Waals surface area contributed by atoms with Gasteiger partial charge in [-0.2, -0.15) is 0 Å². The maximum absolute atomic E-state index is 14.3. The van der Waals surface area contributed by atoms with E-state index in [0.29, 0.717) is 10.2 Å². The number of hydrogen-bond donors (Lipinski definition) is 1. The highest BCUT2D eigenvalue weighted by Gasteiger charge is 2.34. The van der Waals surface area contributed by atoms with Gasteiger partial charge in [0, 0.05) is 24.5 Å². The van der Waals surface area contributed by atoms with E-state index in [2.05, 4.69) is 21.2 Å². The minimum Gasteiger partial charge on any atom is -0.357 e. The van der Waals surface area contributed by atoms with Crippen LogP contribution in [0.5, 0.6) is 0 Å². The molecule has 7 nitrogen and oxygen atoms in total. The number of halogens is 1. The van der Waals surface area contributed by atoms with Gasteiger partial charge in [-0.3, -0.25) is 13.9 Å². The fraction of sp³-hybridized carbons (Fsp3) is 0.212. The zero-order chi connectivity index (χ0) is 30.3. The lowest BCUT2D eigenvalue weighted by atomic mass is 10.0. The van der Waals surface area contributed by atoms with Crippen LogP contribution in [0.15, 0.2) is 112 Å². The lowest BCUT2D eigenvalue weighted by Crippen LogP contribution is -2.53. The average molecular weight is 649 g/mol. The fourth-order valence-electron chi connectivity index (χ4n) is 4.61. The van der Waals surface area contributed by atoms with Crippen molar-refractivity contribution in [1.29, 1.82) is 0 Å². The van der Waals surface area contributed by atoms with Gasteiger partial charge in [0.25, 0.3) is 10.0 Å². The summed E-state index contributed by atoms with van der Waals surface area (Å²) in [6.45, 7) is 3.48. The maximum Gasteiger partial charge on any atom is 0.264 e. The summed E-state index contributed by atoms with van der Waals surface area (Å²) in [5.41, 5.74) is 4.01. The Balaban J connectivity index is 1.78. The number of benzene rings is 4. The van der Waals surface area contributed by atoms with E-state index in [1.807, 2.05) is 68.4 Å². The molecule has 4 aromatic carbocycles. The first-order chi connectivity index (χ1) is 20.1. The van der Waals surface area contributed by atoms with E-state index in [1.54, 1.807) is 36.4 Å². The largest absolute Gasteiger partial charge is 0.357 e. The molecule has 0 aromatic heterocycles. The highest BCUT2D eigenvalue weighted by Crippen LogP contribution is 2.27. The van der Waals surface area contributed by atoms with Gasteiger partial charge in [0.1, 0.15) is 12.6 Å². The first-order valence-corrected chi connectivity index (χ1v) is 15.8. The van der Waals surface area contributed by atoms with Gasteiger partial charge in [-0.1, -0.05) is 99.9 Å². The monoisotopic (exact) mass is 647 g/mol. The number of likely N-dealkylation sites (N-methyl/N-ethyl adjacent to an activating group) is 1. The van der Waals surface area contributed by atoms with Gasteiger partial charge in [0.15, 0.2) is 0 Å². The predicted molar refractivity (Wildman–Crippen MR) is 170 cm³/mol. The molecular formula is C33H34BrN3O4S. The van der Waals surface area contributed by atoms with E-state index in [4.69, 9.17) is 0 Å². The maximum atomic E-state index is 14.3. The van der Waals surface area contributed by atoms with Gasteiger partial charge >= 0.3 is 0 Å². The molecule has 0 saturated carbocycles. The first-order valence-electron chi connectivity index (χ1n) is 13.5. The quantitative estimate of drug-likeness (QED) is 0.228. The molecule has 0 radical (unpaired) electrons. The molecule has 0 saturated heterocycles. The molecule has 42 heavy (non-hydrogen) atoms. The average Bonchev–Trinajstić information content (AvgIpc) is 2.98. The Labute approximate surface area is 256 Å². The number of nitrogens with zero attached hydrogens (tertiary/aromatic N) is 2. The van der Waals surface area contributed by atoms with Crippen molar-refractivity contribution in [2.24, 2.45) is 0 Å². The van der Waals surface area contributed by atoms with Gasteiger partial charge < -0.3 is 10.2 Å². The van der Waals surface area contributed by atoms with E-state index < -0.39 is 28.5 Å². The molecular weight excluding hydrogens is 614 g/mol. The molecule has 0 fully saturated rings. The van der Waals surface area contributed by atoms with E-state index in [9.17, 15) is 18.0 Å². The molecule has 1 N–H and O–H groups in total. The van der Waals surface area contributed by atoms with Crippen LogP contribution >= 0.6 is 15.9 Å². The van der Waals surface area contributed by atoms with E-state index in [1.165, 1.54) is 24.1 Å². The molecule has 0 spiro atoms. The number of hydrogen-bond acceptors (Lipinski definition) is 4. The summed E-state index contributed by atoms with van der Waals surface area (Å²) in [4.78, 5) is 29.2. The highest BCUT2D eigenvalue weighted by molar-refractivity contribution is 9.10. The van der Waals surface area contributed by atoms with Crippen LogP contribution in [0.1, 0.15) is 22.3 Å². The van der Waals surface area contributed by atoms with E-state index in [0.717, 1.165) is 26.6 Å². The summed E-state index contributed by atoms with van der Waals surface area (Å²) in [5, 5.41) is 2.70. The Hall–Kier alpha value is -3.95. The van der Waals surface area contributed by atoms with Crippen molar-refractivity contribution in [2.75, 3.05) is 17.9 Å². The van der Waals surface area contributed by atoms with Crippen molar-refractivity contribution in [1.82, 2.24) is 10.2 Å². The summed E-state index contributed by atoms with van der Waals surface area (Å²) in [7, 11) is -2.61. The summed E-state index contributed by atoms with van der Waals surface area (Å²) in [5.74, 6) is -0.842. The van der Waals surface area contributed by atoms with Gasteiger partial charge in [0.2, 0.25) is 11.8 Å². The lowest BCUT2D eigenvalue weighted by molar-refractivity contribution is -0.139. The summed E-state index contributed by atoms with van der Waals surface area (Å²) < 4.78 is 29.8. The van der Waals surface area contributed by atoms with E-state index >= 15 is 0 Å². The van der Waals surface area contributed by atoms with Gasteiger partial charge in [-0.15, -0.1) is 0 Å². The Morgan fingerprint density at radius 1 is 0.810 bits per heavy atom. The van der Waals surface area contributed by atoms with Crippen molar-refractivity contribution in [3.63, 3.8) is 0 Å². The van der Waals surface area contributed by atoms with Crippen LogP contribution in [-0.4, -0.2) is 44.8 Å². The van der Waals surface area contributed by atoms with Crippen LogP contribution in [0.4, 0.5) is 5.69 Å². The molecule has 0 bridgehead atoms. The SMILES string of the molecule is CNC(=O)C(Cc1ccccc1)N(Cc1ccc(C)cc1)C(=O)CN(c1cccc(Br)c1)S(=O)(=O)c1ccc(C)cc1. The Morgan fingerprint density at radius 2 is 1.43 bits per heavy atom. The van der Waals surface area contributed by atoms with Crippen molar-refractivity contribution < 1.29 is 18.0 Å². The molecule has 1 atom stereocenters. The second kappa shape index (κ2) is 13.8. The number of rotatable bonds is 11. The van der Waals surface area contributed by atoms with Crippen LogP contribution in [0.2, 0.25) is 0 Å². The minimum atomic E-state index is -4.14. The molecule has 4 aromatic rings. The number of aryl methyl sites for hydroxylation is 2. The normalized spacial score (nSPS) is 11.9. The molecule has 0 aliphatic carbocycles. The molecule has 4 rings (SSSR count). The zero-order valence-electron chi connectivity index (χ0n) is 23.8. The number of amides is 2. The summed E-state index contributed by atoms with van der Waals surface area (Å²) in [6, 6.07) is 29.6. The molecule has 0 aliphatic rings. The second-order valence-corrected chi connectivity index (χ2v) is 12.9. The van der Waals surface area contributed by atoms with Crippen molar-refractivity contribution in [3.05, 3.63) is 130 Å². The number of carbonyl (C=O) groups excluding carboxylic acids is 2. The van der Waals surface area contributed by atoms with Gasteiger partial charge in [0.05, 0.1) is 10.6 Å². The highest BCUT2D eigenvalue weighted by atomic mass is 79.9. The third-order valence-electron chi connectivity index (χ3n) is 6.98. The first kappa shape index (κ1) is 31.0. The Morgan fingerprint density at radius 3 is 2.02 bits per heavy atom. The van der Waals surface area contributed by atoms with Crippen LogP contribution in [0.3, 0.4) is 0 Å². The van der Waals surface area contributed by atoms with Gasteiger partial charge in [-0.05, 0) is 55.3 Å². The number of anilines is 1. The molecule has 1 unspecified atom stereocenters. The van der Waals surface area contributed by atoms with Crippen LogP contribution in [0, 0.1) is 13.8 Å². The second-order valence-electron chi connectivity index (χ2n) is 10.1. The molecule has 218 valence electrons. The van der Waals surface area contributed by atoms with E-state index in [-0.39, 0.29) is 23.8 Å². The fourth-order valence-corrected chi connectivity index (χ4v) is 6.40. The number of carbonyl (C=O) groups is 2. The predicted octanol–water partition coefficient (Wildman–Crippen LogP) is 5.65. The molecule has 0 aliphatic heterocycles. The third kappa shape index (κ3) is 7.66. The Kier molecular flexibility index (Phi) is 10.2.